The Balaban J connectivity index is 1.75. The lowest BCUT2D eigenvalue weighted by Gasteiger charge is -2.29. The molecule has 2 aromatic carbocycles. The molecule has 0 bridgehead atoms. The Morgan fingerprint density at radius 2 is 1.82 bits per heavy atom. The van der Waals surface area contributed by atoms with Gasteiger partial charge in [-0.3, -0.25) is 4.79 Å². The number of amides is 1. The zero-order valence-electron chi connectivity index (χ0n) is 16.0. The van der Waals surface area contributed by atoms with Crippen LogP contribution >= 0.6 is 0 Å². The molecule has 3 aromatic rings. The number of para-hydroxylation sites is 1. The van der Waals surface area contributed by atoms with Gasteiger partial charge in [0.25, 0.3) is 5.91 Å². The molecule has 0 spiro atoms. The number of rotatable bonds is 4. The largest absolute Gasteiger partial charge is 0.378 e. The van der Waals surface area contributed by atoms with Crippen LogP contribution in [0, 0.1) is 0 Å². The second-order valence-corrected chi connectivity index (χ2v) is 6.90. The number of allylic oxidation sites excluding steroid dienone is 1. The van der Waals surface area contributed by atoms with Crippen LogP contribution in [0.25, 0.3) is 0 Å². The van der Waals surface area contributed by atoms with Crippen LogP contribution in [0.15, 0.2) is 72.2 Å². The maximum absolute atomic E-state index is 13.2. The van der Waals surface area contributed by atoms with Gasteiger partial charge in [-0.05, 0) is 36.8 Å². The zero-order valence-corrected chi connectivity index (χ0v) is 16.0. The van der Waals surface area contributed by atoms with Crippen molar-refractivity contribution in [3.63, 3.8) is 0 Å². The molecular weight excluding hydrogens is 352 g/mol. The molecule has 0 aliphatic carbocycles. The maximum atomic E-state index is 13.2. The van der Waals surface area contributed by atoms with Gasteiger partial charge in [-0.2, -0.15) is 10.1 Å². The summed E-state index contributed by atoms with van der Waals surface area (Å²) in [5.41, 5.74) is 4.18. The highest BCUT2D eigenvalue weighted by Gasteiger charge is 2.33. The topological polar surface area (TPSA) is 75.1 Å². The van der Waals surface area contributed by atoms with E-state index < -0.39 is 0 Å². The van der Waals surface area contributed by atoms with E-state index in [2.05, 4.69) is 20.7 Å². The number of fused-ring (bicyclic) bond motifs is 1. The summed E-state index contributed by atoms with van der Waals surface area (Å²) >= 11 is 0. The standard InChI is InChI=1S/C21H22N6O/c1-14-18(20(28)25-16-7-5-4-6-8-16)19(27-21(24-14)22-13-23-27)15-9-11-17(12-10-15)26(2)3/h4-13,19H,1-3H3,(H,25,28)(H,22,23,24)/t19-/m1/s1. The van der Waals surface area contributed by atoms with E-state index in [1.807, 2.05) is 80.5 Å². The van der Waals surface area contributed by atoms with Gasteiger partial charge in [0, 0.05) is 31.2 Å². The van der Waals surface area contributed by atoms with Crippen LogP contribution in [0.4, 0.5) is 17.3 Å². The molecule has 7 nitrogen and oxygen atoms in total. The third kappa shape index (κ3) is 3.22. The van der Waals surface area contributed by atoms with Crippen molar-refractivity contribution in [2.24, 2.45) is 0 Å². The first-order chi connectivity index (χ1) is 13.5. The number of hydrogen-bond acceptors (Lipinski definition) is 5. The number of benzene rings is 2. The molecule has 0 fully saturated rings. The summed E-state index contributed by atoms with van der Waals surface area (Å²) in [6, 6.07) is 17.2. The third-order valence-corrected chi connectivity index (χ3v) is 4.80. The van der Waals surface area contributed by atoms with E-state index in [1.54, 1.807) is 4.68 Å². The zero-order chi connectivity index (χ0) is 19.7. The van der Waals surface area contributed by atoms with Crippen molar-refractivity contribution in [1.29, 1.82) is 0 Å². The molecule has 1 atom stereocenters. The summed E-state index contributed by atoms with van der Waals surface area (Å²) in [4.78, 5) is 19.5. The summed E-state index contributed by atoms with van der Waals surface area (Å²) in [5, 5.41) is 10.5. The first-order valence-corrected chi connectivity index (χ1v) is 9.05. The number of nitrogens with one attached hydrogen (secondary N) is 2. The van der Waals surface area contributed by atoms with E-state index in [0.717, 1.165) is 22.6 Å². The van der Waals surface area contributed by atoms with E-state index in [1.165, 1.54) is 6.33 Å². The molecule has 7 heteroatoms. The van der Waals surface area contributed by atoms with Crippen LogP contribution < -0.4 is 15.5 Å². The van der Waals surface area contributed by atoms with Gasteiger partial charge in [0.15, 0.2) is 0 Å². The minimum atomic E-state index is -0.362. The van der Waals surface area contributed by atoms with Gasteiger partial charge < -0.3 is 15.5 Å². The predicted molar refractivity (Wildman–Crippen MR) is 110 cm³/mol. The average molecular weight is 374 g/mol. The lowest BCUT2D eigenvalue weighted by atomic mass is 9.94. The second-order valence-electron chi connectivity index (χ2n) is 6.90. The highest BCUT2D eigenvalue weighted by molar-refractivity contribution is 6.06. The molecule has 1 aromatic heterocycles. The van der Waals surface area contributed by atoms with Crippen LogP contribution in [0.2, 0.25) is 0 Å². The quantitative estimate of drug-likeness (QED) is 0.733. The van der Waals surface area contributed by atoms with Gasteiger partial charge in [0.1, 0.15) is 12.4 Å². The van der Waals surface area contributed by atoms with Crippen molar-refractivity contribution in [3.05, 3.63) is 77.8 Å². The number of carbonyl (C=O) groups excluding carboxylic acids is 1. The lowest BCUT2D eigenvalue weighted by Crippen LogP contribution is -2.31. The van der Waals surface area contributed by atoms with Crippen molar-refractivity contribution in [2.45, 2.75) is 13.0 Å². The van der Waals surface area contributed by atoms with Crippen LogP contribution in [-0.4, -0.2) is 34.8 Å². The summed E-state index contributed by atoms with van der Waals surface area (Å²) in [6.07, 6.45) is 1.49. The Morgan fingerprint density at radius 1 is 1.11 bits per heavy atom. The fourth-order valence-corrected chi connectivity index (χ4v) is 3.37. The number of carbonyl (C=O) groups is 1. The Bertz CT molecular complexity index is 1020. The van der Waals surface area contributed by atoms with Crippen LogP contribution in [0.1, 0.15) is 18.5 Å². The molecule has 1 aliphatic rings. The Labute approximate surface area is 163 Å². The predicted octanol–water partition coefficient (Wildman–Crippen LogP) is 3.27. The van der Waals surface area contributed by atoms with Crippen molar-refractivity contribution in [1.82, 2.24) is 14.8 Å². The number of hydrogen-bond donors (Lipinski definition) is 2. The lowest BCUT2D eigenvalue weighted by molar-refractivity contribution is -0.113. The van der Waals surface area contributed by atoms with Crippen LogP contribution in [0.5, 0.6) is 0 Å². The monoisotopic (exact) mass is 374 g/mol. The molecule has 0 unspecified atom stereocenters. The fourth-order valence-electron chi connectivity index (χ4n) is 3.37. The van der Waals surface area contributed by atoms with Gasteiger partial charge in [-0.15, -0.1) is 0 Å². The first kappa shape index (κ1) is 17.8. The molecule has 28 heavy (non-hydrogen) atoms. The molecule has 2 heterocycles. The fraction of sp³-hybridized carbons (Fsp3) is 0.190. The summed E-state index contributed by atoms with van der Waals surface area (Å²) in [5.74, 6) is 0.453. The number of nitrogens with zero attached hydrogens (tertiary/aromatic N) is 4. The van der Waals surface area contributed by atoms with Crippen molar-refractivity contribution in [2.75, 3.05) is 29.6 Å². The van der Waals surface area contributed by atoms with Crippen molar-refractivity contribution < 1.29 is 4.79 Å². The average Bonchev–Trinajstić information content (AvgIpc) is 3.15. The molecule has 4 rings (SSSR count). The van der Waals surface area contributed by atoms with Gasteiger partial charge in [-0.25, -0.2) is 4.68 Å². The molecule has 2 N–H and O–H groups in total. The van der Waals surface area contributed by atoms with E-state index in [4.69, 9.17) is 0 Å². The van der Waals surface area contributed by atoms with Gasteiger partial charge in [0.2, 0.25) is 5.95 Å². The van der Waals surface area contributed by atoms with E-state index in [0.29, 0.717) is 11.5 Å². The van der Waals surface area contributed by atoms with Gasteiger partial charge >= 0.3 is 0 Å². The summed E-state index contributed by atoms with van der Waals surface area (Å²) < 4.78 is 1.75. The molecule has 0 saturated carbocycles. The molecular formula is C21H22N6O. The minimum Gasteiger partial charge on any atom is -0.378 e. The van der Waals surface area contributed by atoms with Crippen LogP contribution in [-0.2, 0) is 4.79 Å². The van der Waals surface area contributed by atoms with Gasteiger partial charge in [-0.1, -0.05) is 30.3 Å². The first-order valence-electron chi connectivity index (χ1n) is 9.05. The van der Waals surface area contributed by atoms with Gasteiger partial charge in [0.05, 0.1) is 5.57 Å². The molecule has 0 saturated heterocycles. The normalized spacial score (nSPS) is 15.6. The second kappa shape index (κ2) is 7.19. The highest BCUT2D eigenvalue weighted by atomic mass is 16.1. The SMILES string of the molecule is CC1=C(C(=O)Nc2ccccc2)[C@@H](c2ccc(N(C)C)cc2)n2ncnc2N1. The van der Waals surface area contributed by atoms with E-state index >= 15 is 0 Å². The smallest absolute Gasteiger partial charge is 0.255 e. The molecule has 0 radical (unpaired) electrons. The van der Waals surface area contributed by atoms with E-state index in [9.17, 15) is 4.79 Å². The highest BCUT2D eigenvalue weighted by Crippen LogP contribution is 2.35. The summed E-state index contributed by atoms with van der Waals surface area (Å²) in [6.45, 7) is 1.89. The molecule has 1 aliphatic heterocycles. The van der Waals surface area contributed by atoms with Crippen LogP contribution in [0.3, 0.4) is 0 Å². The Kier molecular flexibility index (Phi) is 4.57. The maximum Gasteiger partial charge on any atom is 0.255 e. The van der Waals surface area contributed by atoms with E-state index in [-0.39, 0.29) is 11.9 Å². The van der Waals surface area contributed by atoms with Crippen molar-refractivity contribution in [3.8, 4) is 0 Å². The summed E-state index contributed by atoms with van der Waals surface area (Å²) in [7, 11) is 4.00. The number of aromatic nitrogens is 3. The third-order valence-electron chi connectivity index (χ3n) is 4.80. The Morgan fingerprint density at radius 3 is 2.50 bits per heavy atom. The molecule has 142 valence electrons. The Hall–Kier alpha value is -3.61. The molecule has 1 amide bonds. The number of anilines is 3. The minimum absolute atomic E-state index is 0.168. The van der Waals surface area contributed by atoms with Crippen molar-refractivity contribution >= 4 is 23.2 Å².